The number of carbonyl (C=O) groups excluding carboxylic acids is 2. The highest BCUT2D eigenvalue weighted by atomic mass is 16.5. The smallest absolute Gasteiger partial charge is 0.325 e. The van der Waals surface area contributed by atoms with E-state index >= 15 is 0 Å². The van der Waals surface area contributed by atoms with Crippen LogP contribution in [0.25, 0.3) is 0 Å². The second kappa shape index (κ2) is 6.74. The molecule has 1 saturated carbocycles. The summed E-state index contributed by atoms with van der Waals surface area (Å²) in [6.07, 6.45) is 2.31. The molecule has 1 aromatic rings. The molecule has 0 aromatic heterocycles. The van der Waals surface area contributed by atoms with Gasteiger partial charge in [-0.3, -0.25) is 9.59 Å². The van der Waals surface area contributed by atoms with Crippen molar-refractivity contribution in [1.82, 2.24) is 4.90 Å². The second-order valence-corrected chi connectivity index (χ2v) is 5.65. The molecule has 4 heteroatoms. The van der Waals surface area contributed by atoms with E-state index in [1.807, 2.05) is 25.1 Å². The number of hydrogen-bond acceptors (Lipinski definition) is 3. The van der Waals surface area contributed by atoms with Crippen molar-refractivity contribution in [2.24, 2.45) is 0 Å². The van der Waals surface area contributed by atoms with Crippen molar-refractivity contribution in [1.29, 1.82) is 0 Å². The van der Waals surface area contributed by atoms with Crippen LogP contribution in [0.3, 0.4) is 0 Å². The summed E-state index contributed by atoms with van der Waals surface area (Å²) in [5.74, 6) is -0.313. The standard InChI is InChI=1S/C17H23NO3/c1-4-21-17(20)11-18(15-7-8-15)16(19)10-14-6-5-12(2)13(3)9-14/h5-6,9,15H,4,7-8,10-11H2,1-3H3. The summed E-state index contributed by atoms with van der Waals surface area (Å²) in [7, 11) is 0. The molecule has 0 aliphatic heterocycles. The molecule has 1 aliphatic carbocycles. The van der Waals surface area contributed by atoms with E-state index < -0.39 is 0 Å². The lowest BCUT2D eigenvalue weighted by atomic mass is 10.0. The van der Waals surface area contributed by atoms with Gasteiger partial charge in [-0.25, -0.2) is 0 Å². The lowest BCUT2D eigenvalue weighted by Crippen LogP contribution is -2.39. The summed E-state index contributed by atoms with van der Waals surface area (Å²) in [5.41, 5.74) is 3.40. The third-order valence-corrected chi connectivity index (χ3v) is 3.84. The van der Waals surface area contributed by atoms with Crippen LogP contribution in [0, 0.1) is 13.8 Å². The first-order chi connectivity index (χ1) is 10.0. The van der Waals surface area contributed by atoms with Gasteiger partial charge in [0.2, 0.25) is 5.91 Å². The van der Waals surface area contributed by atoms with E-state index in [1.165, 1.54) is 11.1 Å². The Bertz CT molecular complexity index is 535. The Morgan fingerprint density at radius 2 is 1.95 bits per heavy atom. The third-order valence-electron chi connectivity index (χ3n) is 3.84. The molecule has 1 aliphatic rings. The third kappa shape index (κ3) is 4.31. The zero-order chi connectivity index (χ0) is 15.4. The maximum absolute atomic E-state index is 12.4. The zero-order valence-corrected chi connectivity index (χ0v) is 13.0. The summed E-state index contributed by atoms with van der Waals surface area (Å²) in [6, 6.07) is 6.27. The first kappa shape index (κ1) is 15.5. The zero-order valence-electron chi connectivity index (χ0n) is 13.0. The van der Waals surface area contributed by atoms with Gasteiger partial charge in [-0.05, 0) is 50.3 Å². The highest BCUT2D eigenvalue weighted by Crippen LogP contribution is 2.27. The predicted molar refractivity (Wildman–Crippen MR) is 81.0 cm³/mol. The Morgan fingerprint density at radius 1 is 1.24 bits per heavy atom. The molecule has 114 valence electrons. The number of carbonyl (C=O) groups is 2. The number of amides is 1. The normalized spacial score (nSPS) is 13.9. The van der Waals surface area contributed by atoms with E-state index in [1.54, 1.807) is 11.8 Å². The van der Waals surface area contributed by atoms with Gasteiger partial charge in [-0.15, -0.1) is 0 Å². The monoisotopic (exact) mass is 289 g/mol. The Kier molecular flexibility index (Phi) is 4.99. The molecule has 0 heterocycles. The Balaban J connectivity index is 2.01. The maximum atomic E-state index is 12.4. The highest BCUT2D eigenvalue weighted by molar-refractivity contribution is 5.84. The van der Waals surface area contributed by atoms with Crippen LogP contribution in [-0.2, 0) is 20.7 Å². The van der Waals surface area contributed by atoms with Crippen molar-refractivity contribution in [3.63, 3.8) is 0 Å². The van der Waals surface area contributed by atoms with Gasteiger partial charge in [0.25, 0.3) is 0 Å². The van der Waals surface area contributed by atoms with Crippen molar-refractivity contribution in [3.05, 3.63) is 34.9 Å². The summed E-state index contributed by atoms with van der Waals surface area (Å²) in [4.78, 5) is 25.7. The Morgan fingerprint density at radius 3 is 2.52 bits per heavy atom. The molecular weight excluding hydrogens is 266 g/mol. The van der Waals surface area contributed by atoms with Crippen molar-refractivity contribution in [3.8, 4) is 0 Å². The molecule has 0 saturated heterocycles. The van der Waals surface area contributed by atoms with Gasteiger partial charge < -0.3 is 9.64 Å². The van der Waals surface area contributed by atoms with Crippen LogP contribution in [0.15, 0.2) is 18.2 Å². The van der Waals surface area contributed by atoms with Gasteiger partial charge in [0, 0.05) is 6.04 Å². The van der Waals surface area contributed by atoms with Gasteiger partial charge in [-0.1, -0.05) is 18.2 Å². The van der Waals surface area contributed by atoms with Crippen molar-refractivity contribution in [2.75, 3.05) is 13.2 Å². The Hall–Kier alpha value is -1.84. The quantitative estimate of drug-likeness (QED) is 0.756. The fourth-order valence-corrected chi connectivity index (χ4v) is 2.34. The topological polar surface area (TPSA) is 46.6 Å². The number of nitrogens with zero attached hydrogens (tertiary/aromatic N) is 1. The number of benzene rings is 1. The largest absolute Gasteiger partial charge is 0.465 e. The maximum Gasteiger partial charge on any atom is 0.325 e. The molecule has 0 radical (unpaired) electrons. The molecular formula is C17H23NO3. The molecule has 1 fully saturated rings. The molecule has 1 amide bonds. The lowest BCUT2D eigenvalue weighted by molar-refractivity contribution is -0.149. The molecule has 0 atom stereocenters. The van der Waals surface area contributed by atoms with Crippen molar-refractivity contribution < 1.29 is 14.3 Å². The molecule has 0 N–H and O–H groups in total. The van der Waals surface area contributed by atoms with Crippen LogP contribution in [-0.4, -0.2) is 36.0 Å². The van der Waals surface area contributed by atoms with Gasteiger partial charge in [0.15, 0.2) is 0 Å². The minimum atomic E-state index is -0.321. The van der Waals surface area contributed by atoms with Gasteiger partial charge in [0.1, 0.15) is 6.54 Å². The van der Waals surface area contributed by atoms with Crippen LogP contribution in [0.5, 0.6) is 0 Å². The molecule has 21 heavy (non-hydrogen) atoms. The predicted octanol–water partition coefficient (Wildman–Crippen LogP) is 2.40. The number of hydrogen-bond donors (Lipinski definition) is 0. The molecule has 0 bridgehead atoms. The van der Waals surface area contributed by atoms with Crippen LogP contribution >= 0.6 is 0 Å². The lowest BCUT2D eigenvalue weighted by Gasteiger charge is -2.21. The average Bonchev–Trinajstić information content (AvgIpc) is 3.25. The molecule has 4 nitrogen and oxygen atoms in total. The summed E-state index contributed by atoms with van der Waals surface area (Å²) in [5, 5.41) is 0. The van der Waals surface area contributed by atoms with Gasteiger partial charge in [-0.2, -0.15) is 0 Å². The molecule has 1 aromatic carbocycles. The number of esters is 1. The van der Waals surface area contributed by atoms with Crippen molar-refractivity contribution in [2.45, 2.75) is 46.1 Å². The van der Waals surface area contributed by atoms with Crippen LogP contribution in [0.1, 0.15) is 36.5 Å². The molecule has 2 rings (SSSR count). The molecule has 0 unspecified atom stereocenters. The van der Waals surface area contributed by atoms with Crippen LogP contribution in [0.4, 0.5) is 0 Å². The van der Waals surface area contributed by atoms with Gasteiger partial charge >= 0.3 is 5.97 Å². The second-order valence-electron chi connectivity index (χ2n) is 5.65. The van der Waals surface area contributed by atoms with E-state index in [4.69, 9.17) is 4.74 Å². The SMILES string of the molecule is CCOC(=O)CN(C(=O)Cc1ccc(C)c(C)c1)C1CC1. The van der Waals surface area contributed by atoms with E-state index in [0.717, 1.165) is 18.4 Å². The minimum absolute atomic E-state index is 0.00815. The summed E-state index contributed by atoms with van der Waals surface area (Å²) >= 11 is 0. The van der Waals surface area contributed by atoms with Crippen molar-refractivity contribution >= 4 is 11.9 Å². The van der Waals surface area contributed by atoms with E-state index in [9.17, 15) is 9.59 Å². The fourth-order valence-electron chi connectivity index (χ4n) is 2.34. The molecule has 0 spiro atoms. The van der Waals surface area contributed by atoms with Crippen LogP contribution in [0.2, 0.25) is 0 Å². The number of aryl methyl sites for hydroxylation is 2. The summed E-state index contributed by atoms with van der Waals surface area (Å²) in [6.45, 7) is 6.29. The minimum Gasteiger partial charge on any atom is -0.465 e. The van der Waals surface area contributed by atoms with E-state index in [-0.39, 0.29) is 24.5 Å². The number of rotatable bonds is 6. The van der Waals surface area contributed by atoms with E-state index in [2.05, 4.69) is 6.92 Å². The average molecular weight is 289 g/mol. The fraction of sp³-hybridized carbons (Fsp3) is 0.529. The highest BCUT2D eigenvalue weighted by Gasteiger charge is 2.34. The first-order valence-corrected chi connectivity index (χ1v) is 7.52. The number of ether oxygens (including phenoxy) is 1. The Labute approximate surface area is 126 Å². The summed E-state index contributed by atoms with van der Waals surface area (Å²) < 4.78 is 4.95. The van der Waals surface area contributed by atoms with Crippen LogP contribution < -0.4 is 0 Å². The van der Waals surface area contributed by atoms with E-state index in [0.29, 0.717) is 13.0 Å². The first-order valence-electron chi connectivity index (χ1n) is 7.52. The van der Waals surface area contributed by atoms with Gasteiger partial charge in [0.05, 0.1) is 13.0 Å².